The van der Waals surface area contributed by atoms with E-state index in [1.54, 1.807) is 0 Å². The lowest BCUT2D eigenvalue weighted by atomic mass is 10.1. The number of carbonyl (C=O) groups is 1. The molecule has 1 fully saturated rings. The molecule has 2 rings (SSSR count). The van der Waals surface area contributed by atoms with Crippen molar-refractivity contribution in [3.63, 3.8) is 0 Å². The summed E-state index contributed by atoms with van der Waals surface area (Å²) in [5.74, 6) is -1.11. The highest BCUT2D eigenvalue weighted by molar-refractivity contribution is 6.05. The standard InChI is InChI=1S/C12H15FN4O3/c13-8-2-1-3-9(10(8)11(14)17-19)16-12(18)15-7-4-5-20-6-7/h1-3,7,19H,4-6H2,(H2,14,17)(H2,15,16,18). The average Bonchev–Trinajstić information content (AvgIpc) is 2.91. The molecule has 1 aliphatic rings. The first kappa shape index (κ1) is 14.1. The van der Waals surface area contributed by atoms with E-state index in [2.05, 4.69) is 15.8 Å². The maximum Gasteiger partial charge on any atom is 0.319 e. The van der Waals surface area contributed by atoms with E-state index in [0.29, 0.717) is 13.2 Å². The van der Waals surface area contributed by atoms with Gasteiger partial charge in [-0.25, -0.2) is 9.18 Å². The summed E-state index contributed by atoms with van der Waals surface area (Å²) >= 11 is 0. The van der Waals surface area contributed by atoms with Crippen molar-refractivity contribution in [1.82, 2.24) is 5.32 Å². The molecule has 0 aliphatic carbocycles. The molecule has 1 atom stereocenters. The van der Waals surface area contributed by atoms with Crippen LogP contribution in [-0.4, -0.2) is 36.3 Å². The number of benzene rings is 1. The van der Waals surface area contributed by atoms with Crippen LogP contribution in [0.5, 0.6) is 0 Å². The number of hydrogen-bond acceptors (Lipinski definition) is 4. The molecule has 0 saturated carbocycles. The molecule has 0 spiro atoms. The Morgan fingerprint density at radius 3 is 3.00 bits per heavy atom. The Bertz CT molecular complexity index is 529. The first-order chi connectivity index (χ1) is 9.61. The van der Waals surface area contributed by atoms with Gasteiger partial charge in [-0.15, -0.1) is 0 Å². The Labute approximate surface area is 114 Å². The molecule has 0 bridgehead atoms. The van der Waals surface area contributed by atoms with Crippen molar-refractivity contribution in [2.24, 2.45) is 10.9 Å². The predicted octanol–water partition coefficient (Wildman–Crippen LogP) is 0.831. The van der Waals surface area contributed by atoms with Crippen LogP contribution >= 0.6 is 0 Å². The summed E-state index contributed by atoms with van der Waals surface area (Å²) < 4.78 is 18.8. The van der Waals surface area contributed by atoms with Gasteiger partial charge in [0.25, 0.3) is 0 Å². The molecule has 1 aliphatic heterocycles. The molecule has 8 heteroatoms. The van der Waals surface area contributed by atoms with Crippen molar-refractivity contribution in [2.75, 3.05) is 18.5 Å². The summed E-state index contributed by atoms with van der Waals surface area (Å²) in [5, 5.41) is 16.6. The van der Waals surface area contributed by atoms with Gasteiger partial charge in [0, 0.05) is 6.61 Å². The van der Waals surface area contributed by atoms with Gasteiger partial charge in [0.1, 0.15) is 5.82 Å². The first-order valence-electron chi connectivity index (χ1n) is 6.03. The number of carbonyl (C=O) groups excluding carboxylic acids is 1. The van der Waals surface area contributed by atoms with E-state index < -0.39 is 17.7 Å². The van der Waals surface area contributed by atoms with Crippen LogP contribution in [-0.2, 0) is 4.74 Å². The number of rotatable bonds is 3. The number of oxime groups is 1. The molecular weight excluding hydrogens is 267 g/mol. The number of halogens is 1. The van der Waals surface area contributed by atoms with Crippen LogP contribution in [0.1, 0.15) is 12.0 Å². The summed E-state index contributed by atoms with van der Waals surface area (Å²) in [6.45, 7) is 1.05. The summed E-state index contributed by atoms with van der Waals surface area (Å²) in [6.07, 6.45) is 0.726. The number of hydrogen-bond donors (Lipinski definition) is 4. The highest BCUT2D eigenvalue weighted by Gasteiger charge is 2.19. The third-order valence-corrected chi connectivity index (χ3v) is 2.89. The van der Waals surface area contributed by atoms with E-state index in [-0.39, 0.29) is 17.3 Å². The lowest BCUT2D eigenvalue weighted by molar-refractivity contribution is 0.189. The van der Waals surface area contributed by atoms with Crippen LogP contribution in [0.25, 0.3) is 0 Å². The van der Waals surface area contributed by atoms with Crippen LogP contribution in [0, 0.1) is 5.82 Å². The van der Waals surface area contributed by atoms with Crippen molar-refractivity contribution in [3.05, 3.63) is 29.6 Å². The zero-order valence-electron chi connectivity index (χ0n) is 10.6. The monoisotopic (exact) mass is 282 g/mol. The Hall–Kier alpha value is -2.35. The van der Waals surface area contributed by atoms with Crippen LogP contribution in [0.15, 0.2) is 23.4 Å². The van der Waals surface area contributed by atoms with E-state index in [4.69, 9.17) is 15.7 Å². The number of amidine groups is 1. The number of amides is 2. The van der Waals surface area contributed by atoms with Crippen LogP contribution in [0.4, 0.5) is 14.9 Å². The lowest BCUT2D eigenvalue weighted by Gasteiger charge is -2.14. The third kappa shape index (κ3) is 3.15. The van der Waals surface area contributed by atoms with E-state index >= 15 is 0 Å². The number of nitrogens with two attached hydrogens (primary N) is 1. The molecule has 1 aromatic rings. The fourth-order valence-electron chi connectivity index (χ4n) is 1.93. The fraction of sp³-hybridized carbons (Fsp3) is 0.333. The summed E-state index contributed by atoms with van der Waals surface area (Å²) in [7, 11) is 0. The molecule has 1 aromatic carbocycles. The SMILES string of the molecule is N/C(=N/O)c1c(F)cccc1NC(=O)NC1CCOC1. The zero-order valence-corrected chi connectivity index (χ0v) is 10.6. The largest absolute Gasteiger partial charge is 0.409 e. The van der Waals surface area contributed by atoms with Gasteiger partial charge in [0.05, 0.1) is 23.9 Å². The maximum atomic E-state index is 13.7. The second-order valence-electron chi connectivity index (χ2n) is 4.31. The van der Waals surface area contributed by atoms with Crippen molar-refractivity contribution in [3.8, 4) is 0 Å². The van der Waals surface area contributed by atoms with Gasteiger partial charge >= 0.3 is 6.03 Å². The van der Waals surface area contributed by atoms with Gasteiger partial charge in [-0.1, -0.05) is 11.2 Å². The van der Waals surface area contributed by atoms with Gasteiger partial charge in [0.15, 0.2) is 5.84 Å². The number of anilines is 1. The molecule has 2 amide bonds. The third-order valence-electron chi connectivity index (χ3n) is 2.89. The normalized spacial score (nSPS) is 18.9. The molecule has 108 valence electrons. The second-order valence-corrected chi connectivity index (χ2v) is 4.31. The van der Waals surface area contributed by atoms with Gasteiger partial charge in [-0.05, 0) is 18.6 Å². The highest BCUT2D eigenvalue weighted by Crippen LogP contribution is 2.18. The van der Waals surface area contributed by atoms with Crippen molar-refractivity contribution in [2.45, 2.75) is 12.5 Å². The van der Waals surface area contributed by atoms with Crippen molar-refractivity contribution < 1.29 is 19.1 Å². The molecule has 5 N–H and O–H groups in total. The summed E-state index contributed by atoms with van der Waals surface area (Å²) in [5.41, 5.74) is 5.37. The minimum Gasteiger partial charge on any atom is -0.409 e. The first-order valence-corrected chi connectivity index (χ1v) is 6.03. The fourth-order valence-corrected chi connectivity index (χ4v) is 1.93. The molecule has 1 unspecified atom stereocenters. The van der Waals surface area contributed by atoms with Crippen molar-refractivity contribution in [1.29, 1.82) is 0 Å². The molecule has 1 saturated heterocycles. The molecule has 0 aromatic heterocycles. The topological polar surface area (TPSA) is 109 Å². The summed E-state index contributed by atoms with van der Waals surface area (Å²) in [6, 6.07) is 3.45. The van der Waals surface area contributed by atoms with E-state index in [0.717, 1.165) is 12.5 Å². The Balaban J connectivity index is 2.12. The van der Waals surface area contributed by atoms with E-state index in [1.807, 2.05) is 0 Å². The smallest absolute Gasteiger partial charge is 0.319 e. The molecule has 7 nitrogen and oxygen atoms in total. The second kappa shape index (κ2) is 6.20. The lowest BCUT2D eigenvalue weighted by Crippen LogP contribution is -2.38. The Kier molecular flexibility index (Phi) is 4.36. The highest BCUT2D eigenvalue weighted by atomic mass is 19.1. The number of urea groups is 1. The van der Waals surface area contributed by atoms with E-state index in [1.165, 1.54) is 12.1 Å². The minimum absolute atomic E-state index is 0.0733. The van der Waals surface area contributed by atoms with Gasteiger partial charge in [-0.2, -0.15) is 0 Å². The Morgan fingerprint density at radius 2 is 2.35 bits per heavy atom. The van der Waals surface area contributed by atoms with Crippen LogP contribution in [0.3, 0.4) is 0 Å². The Morgan fingerprint density at radius 1 is 1.55 bits per heavy atom. The number of nitrogens with one attached hydrogen (secondary N) is 2. The summed E-state index contributed by atoms with van der Waals surface area (Å²) in [4.78, 5) is 11.8. The molecule has 20 heavy (non-hydrogen) atoms. The van der Waals surface area contributed by atoms with Gasteiger partial charge < -0.3 is 26.3 Å². The minimum atomic E-state index is -0.692. The van der Waals surface area contributed by atoms with Crippen molar-refractivity contribution >= 4 is 17.6 Å². The predicted molar refractivity (Wildman–Crippen MR) is 70.3 cm³/mol. The number of nitrogens with zero attached hydrogens (tertiary/aromatic N) is 1. The quantitative estimate of drug-likeness (QED) is 0.285. The maximum absolute atomic E-state index is 13.7. The van der Waals surface area contributed by atoms with Crippen LogP contribution < -0.4 is 16.4 Å². The number of ether oxygens (including phenoxy) is 1. The van der Waals surface area contributed by atoms with E-state index in [9.17, 15) is 9.18 Å². The van der Waals surface area contributed by atoms with Crippen LogP contribution in [0.2, 0.25) is 0 Å². The average molecular weight is 282 g/mol. The molecular formula is C12H15FN4O3. The molecule has 0 radical (unpaired) electrons. The molecule has 1 heterocycles. The van der Waals surface area contributed by atoms with Gasteiger partial charge in [0.2, 0.25) is 0 Å². The van der Waals surface area contributed by atoms with Gasteiger partial charge in [-0.3, -0.25) is 0 Å². The zero-order chi connectivity index (χ0) is 14.5.